The standard InChI is InChI=1S/C31H27ClF3N3O3S/c1-20-5-2-8-26(28(20)21-10-12-24(13-11-21)41-31(33,34)35)30(39)37-22-6-3-7-25(19-22)40-23-14-17-38(18-15-23)42-27-9-4-16-36-29(27)32/h2-13,16,19,23H,14-15,17-18H2,1H3,(H,37,39). The smallest absolute Gasteiger partial charge is 0.490 e. The normalized spacial score (nSPS) is 14.4. The van der Waals surface area contributed by atoms with Crippen LogP contribution in [0.1, 0.15) is 28.8 Å². The highest BCUT2D eigenvalue weighted by Crippen LogP contribution is 2.33. The average Bonchev–Trinajstić information content (AvgIpc) is 2.95. The summed E-state index contributed by atoms with van der Waals surface area (Å²) < 4.78 is 50.2. The van der Waals surface area contributed by atoms with Crippen LogP contribution < -0.4 is 14.8 Å². The number of piperidine rings is 1. The van der Waals surface area contributed by atoms with Crippen LogP contribution in [0.15, 0.2) is 90.0 Å². The maximum atomic E-state index is 13.4. The molecule has 218 valence electrons. The minimum atomic E-state index is -4.78. The number of aromatic nitrogens is 1. The van der Waals surface area contributed by atoms with Crippen molar-refractivity contribution in [1.29, 1.82) is 0 Å². The Balaban J connectivity index is 1.22. The molecule has 1 N–H and O–H groups in total. The Morgan fingerprint density at radius 3 is 2.45 bits per heavy atom. The van der Waals surface area contributed by atoms with Crippen LogP contribution in [-0.2, 0) is 0 Å². The number of benzene rings is 3. The van der Waals surface area contributed by atoms with Gasteiger partial charge in [-0.3, -0.25) is 4.79 Å². The number of halogens is 4. The minimum Gasteiger partial charge on any atom is -0.490 e. The highest BCUT2D eigenvalue weighted by Gasteiger charge is 2.31. The Morgan fingerprint density at radius 1 is 1.00 bits per heavy atom. The van der Waals surface area contributed by atoms with Crippen LogP contribution in [0.3, 0.4) is 0 Å². The van der Waals surface area contributed by atoms with Gasteiger partial charge in [0.1, 0.15) is 22.8 Å². The number of hydrogen-bond acceptors (Lipinski definition) is 6. The Morgan fingerprint density at radius 2 is 1.74 bits per heavy atom. The van der Waals surface area contributed by atoms with Crippen molar-refractivity contribution >= 4 is 35.1 Å². The zero-order chi connectivity index (χ0) is 29.7. The Hall–Kier alpha value is -3.73. The molecular formula is C31H27ClF3N3O3S. The summed E-state index contributed by atoms with van der Waals surface area (Å²) in [6.45, 7) is 3.50. The van der Waals surface area contributed by atoms with Gasteiger partial charge in [0.2, 0.25) is 0 Å². The molecule has 0 aliphatic carbocycles. The van der Waals surface area contributed by atoms with Gasteiger partial charge >= 0.3 is 6.36 Å². The van der Waals surface area contributed by atoms with E-state index in [1.807, 2.05) is 37.3 Å². The van der Waals surface area contributed by atoms with Gasteiger partial charge in [0.15, 0.2) is 0 Å². The molecule has 1 fully saturated rings. The van der Waals surface area contributed by atoms with Crippen molar-refractivity contribution < 1.29 is 27.4 Å². The van der Waals surface area contributed by atoms with Gasteiger partial charge in [-0.05, 0) is 90.9 Å². The van der Waals surface area contributed by atoms with Gasteiger partial charge in [-0.25, -0.2) is 9.29 Å². The molecule has 0 bridgehead atoms. The van der Waals surface area contributed by atoms with Crippen molar-refractivity contribution in [1.82, 2.24) is 9.29 Å². The van der Waals surface area contributed by atoms with Gasteiger partial charge < -0.3 is 14.8 Å². The molecule has 0 atom stereocenters. The fraction of sp³-hybridized carbons (Fsp3) is 0.226. The monoisotopic (exact) mass is 613 g/mol. The van der Waals surface area contributed by atoms with Gasteiger partial charge in [-0.1, -0.05) is 41.9 Å². The van der Waals surface area contributed by atoms with Crippen molar-refractivity contribution in [2.45, 2.75) is 37.1 Å². The molecule has 11 heteroatoms. The second-order valence-electron chi connectivity index (χ2n) is 9.68. The molecular weight excluding hydrogens is 587 g/mol. The third-order valence-corrected chi connectivity index (χ3v) is 8.20. The molecule has 1 aromatic heterocycles. The van der Waals surface area contributed by atoms with Gasteiger partial charge in [-0.15, -0.1) is 13.2 Å². The van der Waals surface area contributed by atoms with Crippen LogP contribution in [0, 0.1) is 6.92 Å². The van der Waals surface area contributed by atoms with Crippen LogP contribution in [-0.4, -0.2) is 40.8 Å². The van der Waals surface area contributed by atoms with Crippen LogP contribution in [0.2, 0.25) is 5.15 Å². The van der Waals surface area contributed by atoms with Crippen molar-refractivity contribution in [3.63, 3.8) is 0 Å². The summed E-state index contributed by atoms with van der Waals surface area (Å²) in [5.74, 6) is -0.0234. The van der Waals surface area contributed by atoms with Crippen LogP contribution >= 0.6 is 23.5 Å². The zero-order valence-corrected chi connectivity index (χ0v) is 24.1. The van der Waals surface area contributed by atoms with Crippen LogP contribution in [0.25, 0.3) is 11.1 Å². The summed E-state index contributed by atoms with van der Waals surface area (Å²) in [7, 11) is 0. The number of nitrogens with one attached hydrogen (secondary N) is 1. The number of alkyl halides is 3. The predicted octanol–water partition coefficient (Wildman–Crippen LogP) is 8.41. The first-order valence-electron chi connectivity index (χ1n) is 13.2. The number of amides is 1. The molecule has 0 spiro atoms. The first-order valence-corrected chi connectivity index (χ1v) is 14.4. The van der Waals surface area contributed by atoms with E-state index in [1.165, 1.54) is 24.3 Å². The fourth-order valence-electron chi connectivity index (χ4n) is 4.72. The lowest BCUT2D eigenvalue weighted by molar-refractivity contribution is -0.274. The third-order valence-electron chi connectivity index (χ3n) is 6.64. The number of carbonyl (C=O) groups excluding carboxylic acids is 1. The Kier molecular flexibility index (Phi) is 9.25. The number of anilines is 1. The van der Waals surface area contributed by atoms with Crippen LogP contribution in [0.4, 0.5) is 18.9 Å². The number of aryl methyl sites for hydroxylation is 1. The van der Waals surface area contributed by atoms with Crippen molar-refractivity contribution in [2.75, 3.05) is 18.4 Å². The zero-order valence-electron chi connectivity index (χ0n) is 22.5. The third kappa shape index (κ3) is 7.76. The van der Waals surface area contributed by atoms with E-state index < -0.39 is 6.36 Å². The molecule has 0 radical (unpaired) electrons. The minimum absolute atomic E-state index is 0.0323. The van der Waals surface area contributed by atoms with Gasteiger partial charge in [0.05, 0.1) is 4.90 Å². The molecule has 5 rings (SSSR count). The highest BCUT2D eigenvalue weighted by atomic mass is 35.5. The second kappa shape index (κ2) is 13.1. The van der Waals surface area contributed by atoms with Gasteiger partial charge in [0.25, 0.3) is 5.91 Å². The number of pyridine rings is 1. The molecule has 1 amide bonds. The van der Waals surface area contributed by atoms with E-state index in [2.05, 4.69) is 19.3 Å². The lowest BCUT2D eigenvalue weighted by Gasteiger charge is -2.31. The van der Waals surface area contributed by atoms with E-state index >= 15 is 0 Å². The highest BCUT2D eigenvalue weighted by molar-refractivity contribution is 7.97. The summed E-state index contributed by atoms with van der Waals surface area (Å²) in [5, 5.41) is 3.42. The molecule has 2 heterocycles. The maximum absolute atomic E-state index is 13.4. The maximum Gasteiger partial charge on any atom is 0.573 e. The average molecular weight is 614 g/mol. The number of hydrogen-bond donors (Lipinski definition) is 1. The largest absolute Gasteiger partial charge is 0.573 e. The second-order valence-corrected chi connectivity index (χ2v) is 11.2. The first kappa shape index (κ1) is 29.8. The molecule has 1 saturated heterocycles. The topological polar surface area (TPSA) is 63.7 Å². The summed E-state index contributed by atoms with van der Waals surface area (Å²) in [4.78, 5) is 18.4. The lowest BCUT2D eigenvalue weighted by Crippen LogP contribution is -2.34. The number of ether oxygens (including phenoxy) is 2. The van der Waals surface area contributed by atoms with E-state index in [0.29, 0.717) is 33.3 Å². The molecule has 3 aromatic carbocycles. The van der Waals surface area contributed by atoms with Crippen LogP contribution in [0.5, 0.6) is 11.5 Å². The van der Waals surface area contributed by atoms with Gasteiger partial charge in [0, 0.05) is 36.6 Å². The molecule has 42 heavy (non-hydrogen) atoms. The lowest BCUT2D eigenvalue weighted by atomic mass is 9.94. The van der Waals surface area contributed by atoms with Gasteiger partial charge in [-0.2, -0.15) is 0 Å². The Labute approximate surface area is 250 Å². The molecule has 4 aromatic rings. The molecule has 1 aliphatic rings. The Bertz CT molecular complexity index is 1540. The molecule has 1 aliphatic heterocycles. The first-order chi connectivity index (χ1) is 20.1. The molecule has 0 saturated carbocycles. The number of rotatable bonds is 8. The SMILES string of the molecule is Cc1cccc(C(=O)Nc2cccc(OC3CCN(Sc4cccnc4Cl)CC3)c2)c1-c1ccc(OC(F)(F)F)cc1. The van der Waals surface area contributed by atoms with Crippen molar-refractivity contribution in [2.24, 2.45) is 0 Å². The van der Waals surface area contributed by atoms with Crippen molar-refractivity contribution in [3.8, 4) is 22.6 Å². The summed E-state index contributed by atoms with van der Waals surface area (Å²) >= 11 is 7.78. The number of carbonyl (C=O) groups is 1. The summed E-state index contributed by atoms with van der Waals surface area (Å²) in [5.41, 5.74) is 2.99. The predicted molar refractivity (Wildman–Crippen MR) is 158 cm³/mol. The van der Waals surface area contributed by atoms with E-state index in [4.69, 9.17) is 16.3 Å². The molecule has 0 unspecified atom stereocenters. The number of nitrogens with zero attached hydrogens (tertiary/aromatic N) is 2. The summed E-state index contributed by atoms with van der Waals surface area (Å²) in [6.07, 6.45) is -1.41. The van der Waals surface area contributed by atoms with Crippen molar-refractivity contribution in [3.05, 3.63) is 101 Å². The quantitative estimate of drug-likeness (QED) is 0.159. The van der Waals surface area contributed by atoms with E-state index in [1.54, 1.807) is 42.4 Å². The van der Waals surface area contributed by atoms with E-state index in [-0.39, 0.29) is 17.8 Å². The molecule has 6 nitrogen and oxygen atoms in total. The van der Waals surface area contributed by atoms with E-state index in [9.17, 15) is 18.0 Å². The van der Waals surface area contributed by atoms with E-state index in [0.717, 1.165) is 36.4 Å². The summed E-state index contributed by atoms with van der Waals surface area (Å²) in [6, 6.07) is 21.8. The fourth-order valence-corrected chi connectivity index (χ4v) is 5.88.